The molecule has 2 heterocycles. The molecule has 0 saturated heterocycles. The molecule has 4 nitrogen and oxygen atoms in total. The number of nitrogens with zero attached hydrogens (tertiary/aromatic N) is 4. The minimum absolute atomic E-state index is 0.00110. The molecule has 11 rings (SSSR count). The Hall–Kier alpha value is -7.34. The van der Waals surface area contributed by atoms with Gasteiger partial charge in [0.25, 0.3) is 0 Å². The van der Waals surface area contributed by atoms with Gasteiger partial charge in [-0.1, -0.05) is 191 Å². The van der Waals surface area contributed by atoms with Crippen LogP contribution in [0.4, 0.5) is 0 Å². The van der Waals surface area contributed by atoms with Crippen molar-refractivity contribution in [3.8, 4) is 73.2 Å². The van der Waals surface area contributed by atoms with Gasteiger partial charge in [0.05, 0.1) is 11.0 Å². The first-order valence-corrected chi connectivity index (χ1v) is 23.2. The summed E-state index contributed by atoms with van der Waals surface area (Å²) in [5.41, 5.74) is 16.3. The van der Waals surface area contributed by atoms with Crippen molar-refractivity contribution in [2.75, 3.05) is 6.26 Å². The Morgan fingerprint density at radius 3 is 1.57 bits per heavy atom. The summed E-state index contributed by atoms with van der Waals surface area (Å²) >= 11 is 3.53. The lowest BCUT2D eigenvalue weighted by Gasteiger charge is -2.21. The van der Waals surface area contributed by atoms with Crippen LogP contribution in [0.2, 0.25) is 0 Å². The number of hydrogen-bond acceptors (Lipinski definition) is 4. The van der Waals surface area contributed by atoms with E-state index < -0.39 is 0 Å². The van der Waals surface area contributed by atoms with Gasteiger partial charge in [-0.15, -0.1) is 0 Å². The SMILES string of the molecule is C/C=C\CC.CC1(C)c2ccccc2-c2cc(-c3ccc(-c4ccc5c(c4)c4cccc(-c6nc(-c7ccccc7)nc(-c7ccccc7)n6)c4n5-c4ccccc4)cc3)ccc21.CS. The fraction of sp³-hybridized carbons (Fsp3) is 0.117. The van der Waals surface area contributed by atoms with E-state index in [9.17, 15) is 0 Å². The van der Waals surface area contributed by atoms with Crippen LogP contribution >= 0.6 is 12.6 Å². The summed E-state index contributed by atoms with van der Waals surface area (Å²) in [7, 11) is 0. The fourth-order valence-electron chi connectivity index (χ4n) is 9.19. The molecule has 2 aromatic heterocycles. The number of para-hydroxylation sites is 2. The van der Waals surface area contributed by atoms with Gasteiger partial charge < -0.3 is 4.57 Å². The lowest BCUT2D eigenvalue weighted by molar-refractivity contribution is 0.660. The number of hydrogen-bond donors (Lipinski definition) is 1. The van der Waals surface area contributed by atoms with Crippen LogP contribution in [0.1, 0.15) is 45.2 Å². The summed E-state index contributed by atoms with van der Waals surface area (Å²) in [6, 6.07) is 69.0. The Labute approximate surface area is 388 Å². The quantitative estimate of drug-likeness (QED) is 0.128. The molecule has 318 valence electrons. The zero-order valence-electron chi connectivity index (χ0n) is 37.6. The second-order valence-electron chi connectivity index (χ2n) is 16.6. The first kappa shape index (κ1) is 42.9. The van der Waals surface area contributed by atoms with Crippen molar-refractivity contribution in [3.05, 3.63) is 217 Å². The van der Waals surface area contributed by atoms with Gasteiger partial charge in [0.15, 0.2) is 17.5 Å². The molecule has 0 bridgehead atoms. The van der Waals surface area contributed by atoms with Crippen molar-refractivity contribution >= 4 is 34.4 Å². The number of allylic oxidation sites excluding steroid dienone is 2. The van der Waals surface area contributed by atoms with Crippen LogP contribution in [0.25, 0.3) is 95.0 Å². The molecule has 0 radical (unpaired) electrons. The van der Waals surface area contributed by atoms with E-state index in [0.717, 1.165) is 45.2 Å². The second kappa shape index (κ2) is 18.8. The van der Waals surface area contributed by atoms with E-state index in [4.69, 9.17) is 15.0 Å². The summed E-state index contributed by atoms with van der Waals surface area (Å²) in [4.78, 5) is 15.3. The van der Waals surface area contributed by atoms with Gasteiger partial charge >= 0.3 is 0 Å². The largest absolute Gasteiger partial charge is 0.308 e. The molecule has 0 N–H and O–H groups in total. The van der Waals surface area contributed by atoms with Crippen LogP contribution in [-0.2, 0) is 5.41 Å². The maximum Gasteiger partial charge on any atom is 0.166 e. The van der Waals surface area contributed by atoms with Gasteiger partial charge in [-0.05, 0) is 101 Å². The topological polar surface area (TPSA) is 43.6 Å². The van der Waals surface area contributed by atoms with Crippen molar-refractivity contribution in [1.82, 2.24) is 19.5 Å². The molecule has 0 spiro atoms. The second-order valence-corrected chi connectivity index (χ2v) is 16.6. The molecule has 0 aliphatic heterocycles. The molecule has 1 aliphatic rings. The van der Waals surface area contributed by atoms with Crippen LogP contribution in [-0.4, -0.2) is 25.8 Å². The first-order valence-electron chi connectivity index (χ1n) is 22.3. The number of aromatic nitrogens is 4. The Kier molecular flexibility index (Phi) is 12.4. The van der Waals surface area contributed by atoms with Gasteiger partial charge in [-0.3, -0.25) is 0 Å². The smallest absolute Gasteiger partial charge is 0.166 e. The van der Waals surface area contributed by atoms with Crippen molar-refractivity contribution in [3.63, 3.8) is 0 Å². The molecule has 0 unspecified atom stereocenters. The predicted octanol–water partition coefficient (Wildman–Crippen LogP) is 16.1. The molecule has 0 saturated carbocycles. The van der Waals surface area contributed by atoms with Crippen LogP contribution in [0.15, 0.2) is 206 Å². The molecule has 65 heavy (non-hydrogen) atoms. The number of benzene rings is 8. The van der Waals surface area contributed by atoms with Crippen molar-refractivity contribution in [1.29, 1.82) is 0 Å². The summed E-state index contributed by atoms with van der Waals surface area (Å²) in [5, 5.41) is 2.31. The Morgan fingerprint density at radius 2 is 0.969 bits per heavy atom. The van der Waals surface area contributed by atoms with E-state index in [2.05, 4.69) is 208 Å². The van der Waals surface area contributed by atoms with Crippen LogP contribution in [0.5, 0.6) is 0 Å². The zero-order valence-corrected chi connectivity index (χ0v) is 38.5. The third-order valence-corrected chi connectivity index (χ3v) is 12.3. The molecule has 0 atom stereocenters. The lowest BCUT2D eigenvalue weighted by atomic mass is 9.82. The first-order chi connectivity index (χ1) is 31.9. The Bertz CT molecular complexity index is 3220. The standard InChI is InChI=1S/C54H38N4.C5H10.CH4S/c1-54(2)47-24-13-12-21-42(47)45-33-39(29-31-48(45)54)35-25-27-36(28-26-35)40-30-32-49-46(34-40)43-22-14-23-44(50(43)58(49)41-19-10-5-11-20-41)53-56-51(37-15-6-3-7-16-37)55-52(57-53)38-17-8-4-9-18-38;1-3-5-4-2;1-2/h3-34H,1-2H3;3,5H,4H2,1-2H3;2H,1H3/b;5-3-;. The van der Waals surface area contributed by atoms with Gasteiger partial charge in [0.1, 0.15) is 0 Å². The zero-order chi connectivity index (χ0) is 44.9. The fourth-order valence-corrected chi connectivity index (χ4v) is 9.19. The van der Waals surface area contributed by atoms with E-state index >= 15 is 0 Å². The monoisotopic (exact) mass is 860 g/mol. The van der Waals surface area contributed by atoms with E-state index in [0.29, 0.717) is 17.5 Å². The highest BCUT2D eigenvalue weighted by atomic mass is 32.1. The van der Waals surface area contributed by atoms with Gasteiger partial charge in [0.2, 0.25) is 0 Å². The highest BCUT2D eigenvalue weighted by molar-refractivity contribution is 7.79. The number of rotatable bonds is 7. The summed E-state index contributed by atoms with van der Waals surface area (Å²) in [6.45, 7) is 8.82. The van der Waals surface area contributed by atoms with Crippen molar-refractivity contribution < 1.29 is 0 Å². The van der Waals surface area contributed by atoms with Gasteiger partial charge in [-0.25, -0.2) is 15.0 Å². The third-order valence-electron chi connectivity index (χ3n) is 12.3. The molecule has 1 aliphatic carbocycles. The molecular weight excluding hydrogens is 809 g/mol. The number of fused-ring (bicyclic) bond motifs is 6. The minimum Gasteiger partial charge on any atom is -0.308 e. The molecular formula is C60H52N4S. The van der Waals surface area contributed by atoms with E-state index in [1.54, 1.807) is 6.26 Å². The molecule has 8 aromatic carbocycles. The third kappa shape index (κ3) is 8.20. The highest BCUT2D eigenvalue weighted by Crippen LogP contribution is 2.49. The highest BCUT2D eigenvalue weighted by Gasteiger charge is 2.35. The average Bonchev–Trinajstić information content (AvgIpc) is 3.83. The summed E-state index contributed by atoms with van der Waals surface area (Å²) in [5.74, 6) is 1.92. The summed E-state index contributed by atoms with van der Waals surface area (Å²) in [6.07, 6.45) is 7.04. The number of thiol groups is 1. The predicted molar refractivity (Wildman–Crippen MR) is 279 cm³/mol. The minimum atomic E-state index is -0.00110. The van der Waals surface area contributed by atoms with Crippen LogP contribution < -0.4 is 0 Å². The molecule has 5 heteroatoms. The van der Waals surface area contributed by atoms with E-state index in [1.165, 1.54) is 49.9 Å². The maximum atomic E-state index is 5.15. The van der Waals surface area contributed by atoms with E-state index in [-0.39, 0.29) is 5.41 Å². The lowest BCUT2D eigenvalue weighted by Crippen LogP contribution is -2.14. The van der Waals surface area contributed by atoms with E-state index in [1.807, 2.05) is 43.3 Å². The maximum absolute atomic E-state index is 5.15. The van der Waals surface area contributed by atoms with Crippen LogP contribution in [0.3, 0.4) is 0 Å². The van der Waals surface area contributed by atoms with Crippen LogP contribution in [0, 0.1) is 0 Å². The van der Waals surface area contributed by atoms with Gasteiger partial charge in [0, 0.05) is 38.6 Å². The van der Waals surface area contributed by atoms with Crippen molar-refractivity contribution in [2.24, 2.45) is 0 Å². The Balaban J connectivity index is 0.000000715. The Morgan fingerprint density at radius 1 is 0.462 bits per heavy atom. The van der Waals surface area contributed by atoms with Crippen molar-refractivity contribution in [2.45, 2.75) is 39.5 Å². The molecule has 0 fully saturated rings. The summed E-state index contributed by atoms with van der Waals surface area (Å²) < 4.78 is 2.36. The average molecular weight is 861 g/mol. The van der Waals surface area contributed by atoms with Gasteiger partial charge in [-0.2, -0.15) is 12.6 Å². The molecule has 0 amide bonds. The molecule has 10 aromatic rings. The normalized spacial score (nSPS) is 12.3.